The molecule has 7 nitrogen and oxygen atoms in total. The number of rotatable bonds is 4. The Morgan fingerprint density at radius 2 is 2.00 bits per heavy atom. The molecular formula is C15H20N6OS. The van der Waals surface area contributed by atoms with E-state index in [0.717, 1.165) is 37.7 Å². The summed E-state index contributed by atoms with van der Waals surface area (Å²) in [6.45, 7) is 5.51. The lowest BCUT2D eigenvalue weighted by molar-refractivity contribution is -0.120. The van der Waals surface area contributed by atoms with E-state index in [0.29, 0.717) is 5.95 Å². The summed E-state index contributed by atoms with van der Waals surface area (Å²) < 4.78 is 0. The third-order valence-electron chi connectivity index (χ3n) is 3.95. The third kappa shape index (κ3) is 4.02. The lowest BCUT2D eigenvalue weighted by atomic mass is 10.2. The van der Waals surface area contributed by atoms with Crippen LogP contribution in [-0.4, -0.2) is 58.0 Å². The highest BCUT2D eigenvalue weighted by Gasteiger charge is 2.25. The first-order valence-electron chi connectivity index (χ1n) is 7.70. The molecule has 0 aromatic carbocycles. The van der Waals surface area contributed by atoms with E-state index in [4.69, 9.17) is 0 Å². The quantitative estimate of drug-likeness (QED) is 0.914. The van der Waals surface area contributed by atoms with Crippen molar-refractivity contribution in [2.75, 3.05) is 36.4 Å². The number of thiazole rings is 1. The Balaban J connectivity index is 1.57. The summed E-state index contributed by atoms with van der Waals surface area (Å²) in [6, 6.07) is 1.51. The zero-order chi connectivity index (χ0) is 16.1. The van der Waals surface area contributed by atoms with Gasteiger partial charge in [0.2, 0.25) is 11.9 Å². The number of hydrogen-bond acceptors (Lipinski definition) is 7. The van der Waals surface area contributed by atoms with Crippen molar-refractivity contribution < 1.29 is 4.79 Å². The van der Waals surface area contributed by atoms with Crippen LogP contribution in [0.3, 0.4) is 0 Å². The molecule has 0 spiro atoms. The Hall–Kier alpha value is -2.06. The first-order chi connectivity index (χ1) is 11.2. The molecule has 0 radical (unpaired) electrons. The number of carbonyl (C=O) groups is 1. The molecule has 8 heteroatoms. The van der Waals surface area contributed by atoms with Crippen molar-refractivity contribution >= 4 is 28.3 Å². The van der Waals surface area contributed by atoms with Crippen LogP contribution in [0.15, 0.2) is 30.0 Å². The molecule has 23 heavy (non-hydrogen) atoms. The first-order valence-corrected chi connectivity index (χ1v) is 8.58. The number of nitrogens with one attached hydrogen (secondary N) is 1. The summed E-state index contributed by atoms with van der Waals surface area (Å²) in [6.07, 6.45) is 6.08. The van der Waals surface area contributed by atoms with Gasteiger partial charge < -0.3 is 4.90 Å². The van der Waals surface area contributed by atoms with Crippen molar-refractivity contribution in [3.05, 3.63) is 30.0 Å². The van der Waals surface area contributed by atoms with Gasteiger partial charge in [-0.3, -0.25) is 15.0 Å². The van der Waals surface area contributed by atoms with Crippen molar-refractivity contribution in [3.8, 4) is 0 Å². The molecule has 1 fully saturated rings. The third-order valence-corrected chi connectivity index (χ3v) is 4.78. The molecule has 2 aromatic heterocycles. The van der Waals surface area contributed by atoms with Crippen molar-refractivity contribution in [2.24, 2.45) is 0 Å². The van der Waals surface area contributed by atoms with E-state index >= 15 is 0 Å². The summed E-state index contributed by atoms with van der Waals surface area (Å²) in [5.41, 5.74) is 0. The Morgan fingerprint density at radius 1 is 1.17 bits per heavy atom. The van der Waals surface area contributed by atoms with Gasteiger partial charge in [-0.1, -0.05) is 0 Å². The van der Waals surface area contributed by atoms with E-state index in [-0.39, 0.29) is 11.9 Å². The van der Waals surface area contributed by atoms with Crippen molar-refractivity contribution in [1.82, 2.24) is 19.9 Å². The second-order valence-electron chi connectivity index (χ2n) is 5.43. The SMILES string of the molecule is C[C@@H](C(=O)Nc1ncccn1)N1CCCN(c2nccs2)CC1. The second kappa shape index (κ2) is 7.47. The van der Waals surface area contributed by atoms with Crippen LogP contribution in [0.1, 0.15) is 13.3 Å². The van der Waals surface area contributed by atoms with Crippen LogP contribution in [0.2, 0.25) is 0 Å². The van der Waals surface area contributed by atoms with Crippen LogP contribution in [0, 0.1) is 0 Å². The molecule has 1 aliphatic heterocycles. The zero-order valence-corrected chi connectivity index (χ0v) is 13.9. The Kier molecular flexibility index (Phi) is 5.14. The van der Waals surface area contributed by atoms with Gasteiger partial charge in [0.1, 0.15) is 0 Å². The number of hydrogen-bond donors (Lipinski definition) is 1. The average molecular weight is 332 g/mol. The number of amides is 1. The van der Waals surface area contributed by atoms with E-state index in [1.807, 2.05) is 18.5 Å². The lowest BCUT2D eigenvalue weighted by Gasteiger charge is -2.26. The monoisotopic (exact) mass is 332 g/mol. The predicted molar refractivity (Wildman–Crippen MR) is 90.6 cm³/mol. The van der Waals surface area contributed by atoms with Crippen LogP contribution in [0.5, 0.6) is 0 Å². The van der Waals surface area contributed by atoms with Crippen LogP contribution < -0.4 is 10.2 Å². The molecular weight excluding hydrogens is 312 g/mol. The molecule has 3 rings (SSSR count). The van der Waals surface area contributed by atoms with E-state index in [9.17, 15) is 4.79 Å². The summed E-state index contributed by atoms with van der Waals surface area (Å²) >= 11 is 1.66. The number of aromatic nitrogens is 3. The molecule has 1 N–H and O–H groups in total. The van der Waals surface area contributed by atoms with Gasteiger partial charge in [-0.25, -0.2) is 15.0 Å². The first kappa shape index (κ1) is 15.8. The highest BCUT2D eigenvalue weighted by atomic mass is 32.1. The number of carbonyl (C=O) groups excluding carboxylic acids is 1. The summed E-state index contributed by atoms with van der Waals surface area (Å²) in [5, 5.41) is 5.82. The van der Waals surface area contributed by atoms with Gasteiger partial charge in [0.25, 0.3) is 0 Å². The molecule has 0 saturated carbocycles. The average Bonchev–Trinajstić information content (AvgIpc) is 3.00. The molecule has 1 atom stereocenters. The largest absolute Gasteiger partial charge is 0.347 e. The van der Waals surface area contributed by atoms with Crippen LogP contribution in [-0.2, 0) is 4.79 Å². The lowest BCUT2D eigenvalue weighted by Crippen LogP contribution is -2.44. The van der Waals surface area contributed by atoms with E-state index in [1.54, 1.807) is 29.8 Å². The second-order valence-corrected chi connectivity index (χ2v) is 6.30. The highest BCUT2D eigenvalue weighted by Crippen LogP contribution is 2.19. The van der Waals surface area contributed by atoms with Crippen molar-refractivity contribution in [1.29, 1.82) is 0 Å². The fourth-order valence-corrected chi connectivity index (χ4v) is 3.33. The fraction of sp³-hybridized carbons (Fsp3) is 0.467. The molecule has 2 aromatic rings. The minimum Gasteiger partial charge on any atom is -0.347 e. The number of anilines is 2. The molecule has 0 bridgehead atoms. The topological polar surface area (TPSA) is 74.2 Å². The smallest absolute Gasteiger partial charge is 0.243 e. The van der Waals surface area contributed by atoms with Gasteiger partial charge >= 0.3 is 0 Å². The summed E-state index contributed by atoms with van der Waals surface area (Å²) in [4.78, 5) is 29.3. The fourth-order valence-electron chi connectivity index (χ4n) is 2.63. The normalized spacial score (nSPS) is 17.5. The Labute approximate surface area is 139 Å². The van der Waals surface area contributed by atoms with Gasteiger partial charge in [-0.05, 0) is 19.4 Å². The predicted octanol–water partition coefficient (Wildman–Crippen LogP) is 1.47. The minimum absolute atomic E-state index is 0.0705. The Morgan fingerprint density at radius 3 is 2.74 bits per heavy atom. The van der Waals surface area contributed by atoms with Gasteiger partial charge in [-0.2, -0.15) is 0 Å². The van der Waals surface area contributed by atoms with Crippen LogP contribution in [0.25, 0.3) is 0 Å². The van der Waals surface area contributed by atoms with Crippen LogP contribution in [0.4, 0.5) is 11.1 Å². The van der Waals surface area contributed by atoms with Gasteiger partial charge in [0, 0.05) is 50.1 Å². The van der Waals surface area contributed by atoms with Gasteiger partial charge in [0.05, 0.1) is 6.04 Å². The van der Waals surface area contributed by atoms with Crippen molar-refractivity contribution in [3.63, 3.8) is 0 Å². The van der Waals surface area contributed by atoms with Crippen LogP contribution >= 0.6 is 11.3 Å². The highest BCUT2D eigenvalue weighted by molar-refractivity contribution is 7.13. The Bertz CT molecular complexity index is 620. The van der Waals surface area contributed by atoms with E-state index in [1.165, 1.54) is 0 Å². The maximum absolute atomic E-state index is 12.4. The van der Waals surface area contributed by atoms with Crippen molar-refractivity contribution in [2.45, 2.75) is 19.4 Å². The zero-order valence-electron chi connectivity index (χ0n) is 13.1. The molecule has 122 valence electrons. The molecule has 1 aliphatic rings. The van der Waals surface area contributed by atoms with E-state index < -0.39 is 0 Å². The molecule has 1 amide bonds. The standard InChI is InChI=1S/C15H20N6OS/c1-12(13(22)19-14-16-4-2-5-17-14)20-7-3-8-21(10-9-20)15-18-6-11-23-15/h2,4-6,11-12H,3,7-10H2,1H3,(H,16,17,19,22)/t12-/m0/s1. The molecule has 3 heterocycles. The minimum atomic E-state index is -0.213. The summed E-state index contributed by atoms with van der Waals surface area (Å²) in [5.74, 6) is 0.280. The number of nitrogens with zero attached hydrogens (tertiary/aromatic N) is 5. The summed E-state index contributed by atoms with van der Waals surface area (Å²) in [7, 11) is 0. The van der Waals surface area contributed by atoms with Gasteiger partial charge in [0.15, 0.2) is 5.13 Å². The van der Waals surface area contributed by atoms with Gasteiger partial charge in [-0.15, -0.1) is 11.3 Å². The van der Waals surface area contributed by atoms with E-state index in [2.05, 4.69) is 30.1 Å². The maximum Gasteiger partial charge on any atom is 0.243 e. The molecule has 1 saturated heterocycles. The maximum atomic E-state index is 12.4. The molecule has 0 unspecified atom stereocenters. The molecule has 0 aliphatic carbocycles.